The predicted molar refractivity (Wildman–Crippen MR) is 555 cm³/mol. The van der Waals surface area contributed by atoms with Gasteiger partial charge in [0.05, 0.1) is 28.4 Å². The number of rotatable bonds is 18. The van der Waals surface area contributed by atoms with Gasteiger partial charge in [-0.05, 0) is 211 Å². The van der Waals surface area contributed by atoms with Gasteiger partial charge in [0, 0.05) is 94.7 Å². The van der Waals surface area contributed by atoms with Crippen molar-refractivity contribution < 1.29 is 22.0 Å². The summed E-state index contributed by atoms with van der Waals surface area (Å²) in [5.41, 5.74) is 26.9. The van der Waals surface area contributed by atoms with E-state index in [1.165, 1.54) is 26.5 Å². The van der Waals surface area contributed by atoms with Gasteiger partial charge < -0.3 is 32.9 Å². The van der Waals surface area contributed by atoms with Crippen molar-refractivity contribution in [3.05, 3.63) is 473 Å². The number of benzene rings is 19. The normalized spacial score (nSPS) is 12.6. The van der Waals surface area contributed by atoms with Crippen molar-refractivity contribution in [1.82, 2.24) is 0 Å². The fourth-order valence-electron chi connectivity index (χ4n) is 20.4. The summed E-state index contributed by atoms with van der Waals surface area (Å²) < 4.78 is 56.7. The molecule has 0 bridgehead atoms. The average molecular weight is 1750 g/mol. The zero-order valence-electron chi connectivity index (χ0n) is 73.6. The van der Waals surface area contributed by atoms with Crippen LogP contribution in [0.2, 0.25) is 26.2 Å². The van der Waals surface area contributed by atoms with E-state index in [0.717, 1.165) is 184 Å². The lowest BCUT2D eigenvalue weighted by molar-refractivity contribution is 0.629. The van der Waals surface area contributed by atoms with Gasteiger partial charge in [0.2, 0.25) is 0 Å². The number of furan rings is 3. The second-order valence-corrected chi connectivity index (χ2v) is 43.8. The first-order valence-electron chi connectivity index (χ1n) is 45.2. The van der Waals surface area contributed by atoms with Crippen LogP contribution < -0.4 is 40.3 Å². The fraction of sp³-hybridized carbons (Fsp3) is 0.0328. The third-order valence-electron chi connectivity index (χ3n) is 26.6. The van der Waals surface area contributed by atoms with Crippen LogP contribution in [0.15, 0.2) is 474 Å². The van der Waals surface area contributed by atoms with Gasteiger partial charge in [-0.25, -0.2) is 8.78 Å². The lowest BCUT2D eigenvalue weighted by Crippen LogP contribution is -2.49. The van der Waals surface area contributed by atoms with Crippen molar-refractivity contribution in [2.75, 3.05) is 19.6 Å². The highest BCUT2D eigenvalue weighted by Crippen LogP contribution is 2.54. The molecule has 22 aromatic rings. The Morgan fingerprint density at radius 1 is 0.203 bits per heavy atom. The molecular weight excluding hydrogens is 1660 g/mol. The molecule has 0 radical (unpaired) electrons. The molecule has 636 valence electrons. The maximum absolute atomic E-state index is 18.0. The van der Waals surface area contributed by atoms with Crippen LogP contribution in [0.4, 0.5) is 77.0 Å². The predicted octanol–water partition coefficient (Wildman–Crippen LogP) is 32.5. The summed E-state index contributed by atoms with van der Waals surface area (Å²) in [5.74, 6) is 1.10. The van der Waals surface area contributed by atoms with Crippen molar-refractivity contribution >= 4 is 149 Å². The number of halogens is 2. The van der Waals surface area contributed by atoms with Crippen LogP contribution in [0.5, 0.6) is 0 Å². The first-order chi connectivity index (χ1) is 65.3. The van der Waals surface area contributed by atoms with Crippen LogP contribution in [-0.2, 0) is 0 Å². The van der Waals surface area contributed by atoms with E-state index < -0.39 is 16.1 Å². The Balaban J connectivity index is 0.000000168. The van der Waals surface area contributed by atoms with Crippen LogP contribution >= 0.6 is 0 Å². The van der Waals surface area contributed by atoms with E-state index in [2.05, 4.69) is 319 Å². The molecule has 0 spiro atoms. The average Bonchev–Trinajstić information content (AvgIpc) is 1.54. The monoisotopic (exact) mass is 1750 g/mol. The highest BCUT2D eigenvalue weighted by atomic mass is 28.3. The largest absolute Gasteiger partial charge is 0.456 e. The van der Waals surface area contributed by atoms with E-state index in [-0.39, 0.29) is 11.6 Å². The maximum atomic E-state index is 18.0. The standard InChI is InChI=1S/C76H54F2N2OSi.C46H34N2O2Si/c1-82(2)72-44-42-60(80(70-40-24-22-38-62(70)54-31-15-6-16-32-54)74-64(56-35-19-8-20-36-56)46-58(48-68(74)78)52-27-11-4-12-28-52)50-66(72)75-76(82)65-49-59(41-43-71(65)81-75)79(69-39-23-21-37-61(69)53-29-13-5-14-30-53)73-63(55-33-17-7-18-34-55)45-57(47-67(73)77)51-25-9-3-10-26-51;1-51(2)43-28-26-34(47(31-15-6-3-7-16-31)32-17-8-4-9-18-32)30-39(43)45-46(51)38-29-35(25-27-42(38)50-45)48(33-19-10-5-11-20-33)40-23-14-22-37-36-21-12-13-24-41(36)49-44(37)40/h3-50H,1-2H3;3-30H,1-2H3. The summed E-state index contributed by atoms with van der Waals surface area (Å²) in [6, 6.07) is 158. The van der Waals surface area contributed by atoms with E-state index >= 15 is 8.78 Å². The number of nitrogens with zero attached hydrogens (tertiary/aromatic N) is 4. The third-order valence-corrected chi connectivity index (χ3v) is 33.6. The number of anilines is 12. The highest BCUT2D eigenvalue weighted by molar-refractivity contribution is 7.05. The van der Waals surface area contributed by atoms with Gasteiger partial charge in [-0.15, -0.1) is 0 Å². The lowest BCUT2D eigenvalue weighted by Gasteiger charge is -2.31. The van der Waals surface area contributed by atoms with Gasteiger partial charge in [0.25, 0.3) is 0 Å². The van der Waals surface area contributed by atoms with Crippen molar-refractivity contribution in [3.63, 3.8) is 0 Å². The van der Waals surface area contributed by atoms with Crippen LogP contribution in [0.1, 0.15) is 0 Å². The van der Waals surface area contributed by atoms with Crippen LogP contribution in [0.25, 0.3) is 133 Å². The topological polar surface area (TPSA) is 52.4 Å². The molecule has 3 aromatic heterocycles. The van der Waals surface area contributed by atoms with E-state index in [1.54, 1.807) is 12.1 Å². The Kier molecular flexibility index (Phi) is 20.5. The summed E-state index contributed by atoms with van der Waals surface area (Å²) in [6.07, 6.45) is 0. The first kappa shape index (κ1) is 81.1. The summed E-state index contributed by atoms with van der Waals surface area (Å²) >= 11 is 0. The second-order valence-electron chi connectivity index (χ2n) is 35.2. The van der Waals surface area contributed by atoms with Crippen molar-refractivity contribution in [2.45, 2.75) is 26.2 Å². The molecule has 0 saturated heterocycles. The van der Waals surface area contributed by atoms with E-state index in [0.29, 0.717) is 11.4 Å². The van der Waals surface area contributed by atoms with Crippen LogP contribution in [0, 0.1) is 11.6 Å². The molecule has 0 atom stereocenters. The van der Waals surface area contributed by atoms with E-state index in [4.69, 9.17) is 13.3 Å². The zero-order valence-corrected chi connectivity index (χ0v) is 75.6. The molecule has 7 nitrogen and oxygen atoms in total. The lowest BCUT2D eigenvalue weighted by atomic mass is 9.94. The van der Waals surface area contributed by atoms with Crippen molar-refractivity contribution in [3.8, 4) is 89.4 Å². The molecule has 2 aliphatic rings. The number of fused-ring (bicyclic) bond motifs is 13. The number of hydrogen-bond donors (Lipinski definition) is 0. The molecule has 19 aromatic carbocycles. The fourth-order valence-corrected chi connectivity index (χ4v) is 26.9. The number of para-hydroxylation sites is 7. The quantitative estimate of drug-likeness (QED) is 0.0794. The molecule has 11 heteroatoms. The highest BCUT2D eigenvalue weighted by Gasteiger charge is 2.45. The molecule has 0 fully saturated rings. The summed E-state index contributed by atoms with van der Waals surface area (Å²) in [7, 11) is -4.71. The third kappa shape index (κ3) is 14.3. The Labute approximate surface area is 773 Å². The number of hydrogen-bond acceptors (Lipinski definition) is 7. The minimum absolute atomic E-state index is 0.352. The Morgan fingerprint density at radius 3 is 0.947 bits per heavy atom. The zero-order chi connectivity index (χ0) is 89.4. The van der Waals surface area contributed by atoms with Gasteiger partial charge >= 0.3 is 0 Å². The van der Waals surface area contributed by atoms with E-state index in [9.17, 15) is 0 Å². The molecule has 5 heterocycles. The van der Waals surface area contributed by atoms with Gasteiger partial charge in [-0.2, -0.15) is 0 Å². The van der Waals surface area contributed by atoms with Crippen molar-refractivity contribution in [2.24, 2.45) is 0 Å². The summed E-state index contributed by atoms with van der Waals surface area (Å²) in [5, 5.41) is 9.52. The first-order valence-corrected chi connectivity index (χ1v) is 51.2. The minimum atomic E-state index is -2.57. The molecule has 0 saturated carbocycles. The van der Waals surface area contributed by atoms with Gasteiger partial charge in [-0.1, -0.05) is 342 Å². The second kappa shape index (κ2) is 33.6. The molecule has 133 heavy (non-hydrogen) atoms. The molecule has 0 aliphatic carbocycles. The molecular formula is C122H88F2N4O3Si2. The van der Waals surface area contributed by atoms with E-state index in [1.807, 2.05) is 176 Å². The Morgan fingerprint density at radius 2 is 0.519 bits per heavy atom. The van der Waals surface area contributed by atoms with Gasteiger partial charge in [-0.3, -0.25) is 0 Å². The Bertz CT molecular complexity index is 8120. The maximum Gasteiger partial charge on any atom is 0.159 e. The van der Waals surface area contributed by atoms with Crippen molar-refractivity contribution in [1.29, 1.82) is 0 Å². The molecule has 0 amide bonds. The SMILES string of the molecule is C[Si]1(C)c2ccc(N(c3ccccc3)c3ccccc3)cc2-c2oc3ccc(N(c4ccccc4)c4cccc5c4oc4ccccc45)cc3c21.C[Si]1(C)c2ccc(N(c3ccccc3-c3ccccc3)c3c(F)cc(-c4ccccc4)cc3-c3ccccc3)cc2-c2oc3ccc(N(c4ccccc4-c4ccccc4)c4c(F)cc(-c5ccccc5)cc4-c4ccccc4)cc3c21. The molecule has 0 N–H and O–H groups in total. The van der Waals surface area contributed by atoms with Gasteiger partial charge in [0.1, 0.15) is 56.1 Å². The molecule has 2 aliphatic heterocycles. The summed E-state index contributed by atoms with van der Waals surface area (Å²) in [4.78, 5) is 8.85. The van der Waals surface area contributed by atoms with Crippen LogP contribution in [0.3, 0.4) is 0 Å². The molecule has 24 rings (SSSR count). The van der Waals surface area contributed by atoms with Crippen LogP contribution in [-0.4, -0.2) is 16.1 Å². The molecule has 0 unspecified atom stereocenters. The van der Waals surface area contributed by atoms with Gasteiger partial charge in [0.15, 0.2) is 5.58 Å². The summed E-state index contributed by atoms with van der Waals surface area (Å²) in [6.45, 7) is 9.67. The smallest absolute Gasteiger partial charge is 0.159 e. The Hall–Kier alpha value is -16.4. The minimum Gasteiger partial charge on any atom is -0.456 e.